The highest BCUT2D eigenvalue weighted by atomic mass is 15.2. The molecule has 0 spiro atoms. The van der Waals surface area contributed by atoms with E-state index in [1.54, 1.807) is 58.3 Å². The zero-order valence-corrected chi connectivity index (χ0v) is 67.2. The van der Waals surface area contributed by atoms with Gasteiger partial charge in [0.05, 0.1) is 24.7 Å². The Bertz CT molecular complexity index is 7400. The van der Waals surface area contributed by atoms with Crippen molar-refractivity contribution in [2.24, 2.45) is 0 Å². The molecule has 588 valence electrons. The third-order valence-corrected chi connectivity index (χ3v) is 21.7. The Balaban J connectivity index is 0.000000180. The number of hydrogen-bond donors (Lipinski definition) is 0. The van der Waals surface area contributed by atoms with Crippen molar-refractivity contribution in [3.8, 4) is 111 Å². The molecule has 20 aromatic carbocycles. The van der Waals surface area contributed by atoms with Crippen LogP contribution in [0, 0.1) is 0 Å². The van der Waals surface area contributed by atoms with Gasteiger partial charge in [0.25, 0.3) is 0 Å². The third-order valence-electron chi connectivity index (χ3n) is 21.7. The maximum atomic E-state index is 9.35. The summed E-state index contributed by atoms with van der Waals surface area (Å²) >= 11 is 0. The molecule has 0 aliphatic carbocycles. The highest BCUT2D eigenvalue weighted by molar-refractivity contribution is 5.88. The van der Waals surface area contributed by atoms with Gasteiger partial charge in [-0.3, -0.25) is 0 Å². The predicted octanol–water partition coefficient (Wildman–Crippen LogP) is 33.9. The summed E-state index contributed by atoms with van der Waals surface area (Å²) in [5.41, 5.74) is 23.2. The van der Waals surface area contributed by atoms with Crippen molar-refractivity contribution in [3.63, 3.8) is 0 Å². The molecule has 0 atom stereocenters. The van der Waals surface area contributed by atoms with E-state index in [0.717, 1.165) is 101 Å². The predicted molar refractivity (Wildman–Crippen MR) is 526 cm³/mol. The molecular weight excluding hydrogens is 1500 g/mol. The molecule has 0 aliphatic heterocycles. The van der Waals surface area contributed by atoms with Gasteiger partial charge in [-0.25, -0.2) is 0 Å². The van der Waals surface area contributed by atoms with E-state index in [1.807, 2.05) is 255 Å². The second kappa shape index (κ2) is 36.9. The summed E-state index contributed by atoms with van der Waals surface area (Å²) in [6.45, 7) is 0. The quantitative estimate of drug-likeness (QED) is 0.0670. The van der Waals surface area contributed by atoms with Crippen molar-refractivity contribution in [2.45, 2.75) is 0 Å². The SMILES string of the molecule is [2H]c1c([2H])c(N(c2ccc(-c3ccccc3)cc2)c2ccc(-c3ccc(N(c4ccc(-c5ccccc5)cc4)c4c([2H])c([2H])c(-c5ccccc5)c([2H])c4[2H])cc3)cc2)c([2H])c([2H])c1-c1ccccc1.[2H]c1c([2H])c([2H])c(-c2ccc(N(c3ccc(-c4ccccc4)cc3)c3ccc(-c4ccc(N(c5ccc(-c6ccccc6)cc5)c5ccc(-c6c([2H])c([2H])c([2H])c([2H])c6[2H])cc5)cc4)cc3)cc2)c([2H])c1[2H]. The van der Waals surface area contributed by atoms with Gasteiger partial charge in [0, 0.05) is 68.2 Å². The minimum absolute atomic E-state index is 0.127. The highest BCUT2D eigenvalue weighted by Crippen LogP contribution is 2.45. The first-order valence-corrected chi connectivity index (χ1v) is 40.9. The molecule has 0 saturated carbocycles. The van der Waals surface area contributed by atoms with Crippen molar-refractivity contribution >= 4 is 68.2 Å². The maximum Gasteiger partial charge on any atom is 0.0645 e. The molecular formula is C120H88N4. The zero-order chi connectivity index (χ0) is 98.7. The topological polar surface area (TPSA) is 13.0 Å². The van der Waals surface area contributed by atoms with E-state index in [2.05, 4.69) is 131 Å². The van der Waals surface area contributed by atoms with Gasteiger partial charge in [-0.05, 0) is 257 Å². The fraction of sp³-hybridized carbons (Fsp3) is 0. The van der Waals surface area contributed by atoms with Crippen LogP contribution in [-0.2, 0) is 0 Å². The monoisotopic (exact) mass is 1600 g/mol. The Hall–Kier alpha value is -16.4. The van der Waals surface area contributed by atoms with Crippen LogP contribution in [0.25, 0.3) is 111 Å². The van der Waals surface area contributed by atoms with Crippen molar-refractivity contribution in [1.29, 1.82) is 0 Å². The van der Waals surface area contributed by atoms with E-state index in [-0.39, 0.29) is 130 Å². The summed E-state index contributed by atoms with van der Waals surface area (Å²) in [4.78, 5) is 7.80. The molecule has 0 heterocycles. The van der Waals surface area contributed by atoms with E-state index in [0.29, 0.717) is 45.0 Å². The van der Waals surface area contributed by atoms with Gasteiger partial charge in [-0.15, -0.1) is 0 Å². The minimum atomic E-state index is -0.428. The molecule has 0 N–H and O–H groups in total. The van der Waals surface area contributed by atoms with Gasteiger partial charge in [0.2, 0.25) is 0 Å². The molecule has 124 heavy (non-hydrogen) atoms. The van der Waals surface area contributed by atoms with Crippen molar-refractivity contribution in [2.75, 3.05) is 19.6 Å². The molecule has 4 heteroatoms. The first-order chi connectivity index (χ1) is 69.0. The molecule has 20 rings (SSSR count). The molecule has 0 saturated heterocycles. The standard InChI is InChI=1S/2C60H44N2/c2*1-5-13-45(14-6-1)49-21-33-55(34-22-49)61(56-35-23-50(24-36-56)46-15-7-2-8-16-46)59-41-29-53(30-42-59)54-31-43-60(44-32-54)62(57-37-25-51(26-38-57)47-17-9-3-10-18-47)58-39-27-52(28-40-58)48-19-11-4-12-20-48/h2*1-44H/i1D,3D,5D,6D,9D,10D,13D,14D,17D,18D;21D,22D,25D,26D,33D,34D,37D,38D. The second-order valence-electron chi connectivity index (χ2n) is 29.5. The smallest absolute Gasteiger partial charge is 0.0645 e. The lowest BCUT2D eigenvalue weighted by atomic mass is 10.0. The van der Waals surface area contributed by atoms with Gasteiger partial charge in [0.15, 0.2) is 0 Å². The summed E-state index contributed by atoms with van der Waals surface area (Å²) in [6, 6.07) is 133. The van der Waals surface area contributed by atoms with Gasteiger partial charge in [-0.1, -0.05) is 388 Å². The molecule has 20 aromatic rings. The van der Waals surface area contributed by atoms with E-state index < -0.39 is 12.1 Å². The van der Waals surface area contributed by atoms with Crippen LogP contribution in [0.3, 0.4) is 0 Å². The van der Waals surface area contributed by atoms with Crippen LogP contribution >= 0.6 is 0 Å². The largest absolute Gasteiger partial charge is 0.311 e. The first kappa shape index (κ1) is 59.3. The van der Waals surface area contributed by atoms with Gasteiger partial charge >= 0.3 is 0 Å². The fourth-order valence-corrected chi connectivity index (χ4v) is 15.3. The van der Waals surface area contributed by atoms with Gasteiger partial charge < -0.3 is 19.6 Å². The number of benzene rings is 20. The van der Waals surface area contributed by atoms with E-state index in [4.69, 9.17) is 19.2 Å². The maximum absolute atomic E-state index is 9.35. The van der Waals surface area contributed by atoms with Gasteiger partial charge in [-0.2, -0.15) is 0 Å². The third kappa shape index (κ3) is 17.7. The number of anilines is 12. The first-order valence-electron chi connectivity index (χ1n) is 49.9. The number of nitrogens with zero attached hydrogens (tertiary/aromatic N) is 4. The molecule has 0 unspecified atom stereocenters. The average Bonchev–Trinajstić information content (AvgIpc) is 0.750. The second-order valence-corrected chi connectivity index (χ2v) is 29.5. The Labute approximate surface area is 753 Å². The van der Waals surface area contributed by atoms with Crippen LogP contribution in [-0.4, -0.2) is 0 Å². The lowest BCUT2D eigenvalue weighted by Crippen LogP contribution is -2.10. The molecule has 0 aliphatic rings. The van der Waals surface area contributed by atoms with E-state index >= 15 is 0 Å². The molecule has 0 amide bonds. The normalized spacial score (nSPS) is 12.9. The van der Waals surface area contributed by atoms with Crippen LogP contribution in [0.5, 0.6) is 0 Å². The van der Waals surface area contributed by atoms with Crippen LogP contribution < -0.4 is 19.6 Å². The average molecular weight is 1600 g/mol. The minimum Gasteiger partial charge on any atom is -0.311 e. The molecule has 4 nitrogen and oxygen atoms in total. The van der Waals surface area contributed by atoms with E-state index in [9.17, 15) is 5.48 Å². The number of hydrogen-bond acceptors (Lipinski definition) is 4. The Kier molecular flexibility index (Phi) is 17.6. The van der Waals surface area contributed by atoms with E-state index in [1.165, 1.54) is 0 Å². The summed E-state index contributed by atoms with van der Waals surface area (Å²) in [6.07, 6.45) is 0. The molecule has 0 bridgehead atoms. The Morgan fingerprint density at radius 2 is 0.218 bits per heavy atom. The zero-order valence-electron chi connectivity index (χ0n) is 85.2. The Morgan fingerprint density at radius 3 is 0.379 bits per heavy atom. The molecule has 0 radical (unpaired) electrons. The van der Waals surface area contributed by atoms with Crippen molar-refractivity contribution < 1.29 is 24.7 Å². The summed E-state index contributed by atoms with van der Waals surface area (Å²) in [5.74, 6) is 0. The van der Waals surface area contributed by atoms with Crippen molar-refractivity contribution in [3.05, 3.63) is 533 Å². The van der Waals surface area contributed by atoms with Crippen molar-refractivity contribution in [1.82, 2.24) is 0 Å². The molecule has 0 aromatic heterocycles. The number of rotatable bonds is 22. The van der Waals surface area contributed by atoms with Crippen LogP contribution in [0.15, 0.2) is 533 Å². The lowest BCUT2D eigenvalue weighted by Gasteiger charge is -2.27. The van der Waals surface area contributed by atoms with Gasteiger partial charge in [0.1, 0.15) is 0 Å². The summed E-state index contributed by atoms with van der Waals surface area (Å²) < 4.78 is 157. The van der Waals surface area contributed by atoms with Crippen LogP contribution in [0.4, 0.5) is 68.2 Å². The van der Waals surface area contributed by atoms with Crippen LogP contribution in [0.1, 0.15) is 24.7 Å². The summed E-state index contributed by atoms with van der Waals surface area (Å²) in [5, 5.41) is 0. The molecule has 0 fully saturated rings. The highest BCUT2D eigenvalue weighted by Gasteiger charge is 2.21. The summed E-state index contributed by atoms with van der Waals surface area (Å²) in [7, 11) is 0. The Morgan fingerprint density at radius 1 is 0.0968 bits per heavy atom. The fourth-order valence-electron chi connectivity index (χ4n) is 15.3. The lowest BCUT2D eigenvalue weighted by molar-refractivity contribution is 1.28. The van der Waals surface area contributed by atoms with Crippen LogP contribution in [0.2, 0.25) is 0 Å².